The van der Waals surface area contributed by atoms with E-state index in [4.69, 9.17) is 14.9 Å². The minimum absolute atomic E-state index is 0.0359. The van der Waals surface area contributed by atoms with Crippen molar-refractivity contribution < 1.29 is 24.5 Å². The molecule has 1 saturated carbocycles. The molecule has 5 heteroatoms. The van der Waals surface area contributed by atoms with Crippen LogP contribution in [0, 0.1) is 5.41 Å². The molecule has 126 valence electrons. The lowest BCUT2D eigenvalue weighted by Crippen LogP contribution is -2.28. The predicted octanol–water partition coefficient (Wildman–Crippen LogP) is 3.69. The molecule has 1 atom stereocenters. The Balaban J connectivity index is 0.000000238. The average Bonchev–Trinajstić information content (AvgIpc) is 3.00. The van der Waals surface area contributed by atoms with E-state index in [-0.39, 0.29) is 12.0 Å². The predicted molar refractivity (Wildman–Crippen MR) is 87.9 cm³/mol. The number of carboxylic acids is 2. The van der Waals surface area contributed by atoms with Gasteiger partial charge in [-0.25, -0.2) is 4.79 Å². The summed E-state index contributed by atoms with van der Waals surface area (Å²) < 4.78 is 5.45. The number of rotatable bonds is 5. The number of aliphatic carboxylic acids is 2. The summed E-state index contributed by atoms with van der Waals surface area (Å²) >= 11 is 0. The zero-order valence-electron chi connectivity index (χ0n) is 13.5. The maximum absolute atomic E-state index is 10.8. The van der Waals surface area contributed by atoms with Crippen LogP contribution < -0.4 is 0 Å². The Hall–Kier alpha value is -2.30. The zero-order valence-corrected chi connectivity index (χ0v) is 13.5. The van der Waals surface area contributed by atoms with Gasteiger partial charge in [0.1, 0.15) is 5.76 Å². The van der Waals surface area contributed by atoms with Crippen LogP contribution in [0.3, 0.4) is 0 Å². The smallest absolute Gasteiger partial charge is 0.331 e. The van der Waals surface area contributed by atoms with Gasteiger partial charge in [0.25, 0.3) is 0 Å². The van der Waals surface area contributed by atoms with Crippen LogP contribution in [0.25, 0.3) is 0 Å². The Labute approximate surface area is 136 Å². The lowest BCUT2D eigenvalue weighted by Gasteiger charge is -2.23. The third-order valence-electron chi connectivity index (χ3n) is 3.93. The number of carbonyl (C=O) groups is 2. The average molecular weight is 320 g/mol. The van der Waals surface area contributed by atoms with Gasteiger partial charge in [-0.3, -0.25) is 4.79 Å². The van der Waals surface area contributed by atoms with Crippen molar-refractivity contribution in [2.24, 2.45) is 5.41 Å². The lowest BCUT2D eigenvalue weighted by molar-refractivity contribution is -0.145. The maximum Gasteiger partial charge on any atom is 0.331 e. The molecule has 0 bridgehead atoms. The first-order valence-corrected chi connectivity index (χ1v) is 7.61. The van der Waals surface area contributed by atoms with Gasteiger partial charge in [0, 0.05) is 5.57 Å². The summed E-state index contributed by atoms with van der Waals surface area (Å²) in [6.45, 7) is 8.78. The van der Waals surface area contributed by atoms with Crippen molar-refractivity contribution in [2.45, 2.75) is 45.1 Å². The second-order valence-electron chi connectivity index (χ2n) is 5.95. The molecule has 23 heavy (non-hydrogen) atoms. The molecule has 0 spiro atoms. The molecule has 2 rings (SSSR count). The molecule has 0 amide bonds. The number of carboxylic acid groups (broad SMARTS) is 2. The third-order valence-corrected chi connectivity index (χ3v) is 3.93. The molecule has 0 heterocycles. The minimum atomic E-state index is -1.08. The molecular formula is C18H24O5. The van der Waals surface area contributed by atoms with Gasteiger partial charge in [-0.05, 0) is 45.1 Å². The van der Waals surface area contributed by atoms with E-state index in [0.717, 1.165) is 0 Å². The van der Waals surface area contributed by atoms with Crippen LogP contribution in [0.4, 0.5) is 0 Å². The highest BCUT2D eigenvalue weighted by atomic mass is 16.5. The fraction of sp³-hybridized carbons (Fsp3) is 0.444. The molecule has 5 nitrogen and oxygen atoms in total. The van der Waals surface area contributed by atoms with Crippen LogP contribution in [0.1, 0.15) is 39.0 Å². The third kappa shape index (κ3) is 5.77. The molecule has 0 aromatic heterocycles. The summed E-state index contributed by atoms with van der Waals surface area (Å²) in [7, 11) is 0. The monoisotopic (exact) mass is 320 g/mol. The van der Waals surface area contributed by atoms with E-state index in [1.165, 1.54) is 50.8 Å². The van der Waals surface area contributed by atoms with Crippen LogP contribution in [-0.4, -0.2) is 28.3 Å². The molecular weight excluding hydrogens is 296 g/mol. The molecule has 0 aliphatic heterocycles. The van der Waals surface area contributed by atoms with Gasteiger partial charge in [0.05, 0.1) is 11.5 Å². The van der Waals surface area contributed by atoms with E-state index >= 15 is 0 Å². The van der Waals surface area contributed by atoms with Gasteiger partial charge in [-0.15, -0.1) is 0 Å². The fourth-order valence-corrected chi connectivity index (χ4v) is 2.45. The summed E-state index contributed by atoms with van der Waals surface area (Å²) in [4.78, 5) is 21.3. The first-order valence-electron chi connectivity index (χ1n) is 7.61. The highest BCUT2D eigenvalue weighted by Crippen LogP contribution is 2.31. The van der Waals surface area contributed by atoms with Crippen molar-refractivity contribution in [1.82, 2.24) is 0 Å². The molecule has 0 radical (unpaired) electrons. The van der Waals surface area contributed by atoms with Gasteiger partial charge >= 0.3 is 11.9 Å². The second kappa shape index (κ2) is 8.36. The quantitative estimate of drug-likeness (QED) is 0.596. The number of ether oxygens (including phenoxy) is 1. The van der Waals surface area contributed by atoms with Crippen LogP contribution in [0.2, 0.25) is 0 Å². The Morgan fingerprint density at radius 1 is 1.35 bits per heavy atom. The van der Waals surface area contributed by atoms with Crippen molar-refractivity contribution in [3.8, 4) is 0 Å². The Bertz CT molecular complexity index is 538. The Morgan fingerprint density at radius 3 is 2.43 bits per heavy atom. The largest absolute Gasteiger partial charge is 0.491 e. The van der Waals surface area contributed by atoms with E-state index < -0.39 is 17.4 Å². The maximum atomic E-state index is 10.8. The van der Waals surface area contributed by atoms with E-state index in [9.17, 15) is 9.59 Å². The minimum Gasteiger partial charge on any atom is -0.491 e. The summed E-state index contributed by atoms with van der Waals surface area (Å²) in [5, 5.41) is 17.5. The van der Waals surface area contributed by atoms with Crippen molar-refractivity contribution >= 4 is 11.9 Å². The highest BCUT2D eigenvalue weighted by Gasteiger charge is 2.34. The van der Waals surface area contributed by atoms with E-state index in [1.807, 2.05) is 0 Å². The number of allylic oxidation sites excluding steroid dienone is 3. The lowest BCUT2D eigenvalue weighted by atomic mass is 9.80. The van der Waals surface area contributed by atoms with Crippen molar-refractivity contribution in [3.05, 3.63) is 48.8 Å². The SMILES string of the molecule is C=CC(=C)OC1CCCC1.CC1(C(=O)O)C=CC=C(C(=O)O)C1. The number of hydrogen-bond acceptors (Lipinski definition) is 3. The Kier molecular flexibility index (Phi) is 6.82. The first kappa shape index (κ1) is 18.7. The zero-order chi connectivity index (χ0) is 17.5. The van der Waals surface area contributed by atoms with Crippen LogP contribution in [0.15, 0.2) is 48.8 Å². The molecule has 0 aromatic rings. The van der Waals surface area contributed by atoms with Crippen molar-refractivity contribution in [1.29, 1.82) is 0 Å². The fourth-order valence-electron chi connectivity index (χ4n) is 2.45. The van der Waals surface area contributed by atoms with E-state index in [1.54, 1.807) is 6.08 Å². The van der Waals surface area contributed by atoms with Gasteiger partial charge in [-0.1, -0.05) is 31.4 Å². The first-order chi connectivity index (χ1) is 10.8. The summed E-state index contributed by atoms with van der Waals surface area (Å²) in [5.74, 6) is -1.35. The molecule has 2 aliphatic rings. The van der Waals surface area contributed by atoms with Gasteiger partial charge in [0.2, 0.25) is 0 Å². The van der Waals surface area contributed by atoms with Gasteiger partial charge in [0.15, 0.2) is 0 Å². The van der Waals surface area contributed by atoms with Gasteiger partial charge in [-0.2, -0.15) is 0 Å². The second-order valence-corrected chi connectivity index (χ2v) is 5.95. The van der Waals surface area contributed by atoms with Crippen molar-refractivity contribution in [3.63, 3.8) is 0 Å². The van der Waals surface area contributed by atoms with E-state index in [0.29, 0.717) is 11.9 Å². The summed E-state index contributed by atoms with van der Waals surface area (Å²) in [6, 6.07) is 0. The normalized spacial score (nSPS) is 23.3. The summed E-state index contributed by atoms with van der Waals surface area (Å²) in [5.41, 5.74) is -0.949. The molecule has 2 aliphatic carbocycles. The molecule has 0 aromatic carbocycles. The molecule has 1 unspecified atom stereocenters. The Morgan fingerprint density at radius 2 is 1.96 bits per heavy atom. The van der Waals surface area contributed by atoms with Crippen LogP contribution in [-0.2, 0) is 14.3 Å². The molecule has 0 saturated heterocycles. The van der Waals surface area contributed by atoms with Crippen molar-refractivity contribution in [2.75, 3.05) is 0 Å². The van der Waals surface area contributed by atoms with E-state index in [2.05, 4.69) is 13.2 Å². The van der Waals surface area contributed by atoms with Crippen LogP contribution in [0.5, 0.6) is 0 Å². The molecule has 2 N–H and O–H groups in total. The van der Waals surface area contributed by atoms with Crippen LogP contribution >= 0.6 is 0 Å². The standard InChI is InChI=1S/C9H10O4.C9H14O/c1-9(8(12)13)4-2-3-6(5-9)7(10)11;1-3-8(2)10-9-6-4-5-7-9/h2-4H,5H2,1H3,(H,10,11)(H,12,13);3,9H,1-2,4-7H2. The highest BCUT2D eigenvalue weighted by molar-refractivity contribution is 5.90. The van der Waals surface area contributed by atoms with Gasteiger partial charge < -0.3 is 14.9 Å². The molecule has 1 fully saturated rings. The summed E-state index contributed by atoms with van der Waals surface area (Å²) in [6.07, 6.45) is 11.5. The topological polar surface area (TPSA) is 83.8 Å². The number of hydrogen-bond donors (Lipinski definition) is 2.